The number of nitrogens with zero attached hydrogens (tertiary/aromatic N) is 4. The average Bonchev–Trinajstić information content (AvgIpc) is 3.10. The first-order chi connectivity index (χ1) is 11.9. The van der Waals surface area contributed by atoms with E-state index in [4.69, 9.17) is 23.1 Å². The zero-order chi connectivity index (χ0) is 20.1. The second-order valence-electron chi connectivity index (χ2n) is 4.71. The molecule has 0 fully saturated rings. The molecular weight excluding hydrogens is 380 g/mol. The van der Waals surface area contributed by atoms with Crippen LogP contribution >= 0.6 is 0 Å². The van der Waals surface area contributed by atoms with E-state index in [1.54, 1.807) is 24.9 Å². The van der Waals surface area contributed by atoms with Crippen molar-refractivity contribution in [3.8, 4) is 11.5 Å². The van der Waals surface area contributed by atoms with Gasteiger partial charge in [-0.25, -0.2) is 28.0 Å². The summed E-state index contributed by atoms with van der Waals surface area (Å²) in [6.07, 6.45) is 2.49. The van der Waals surface area contributed by atoms with Crippen LogP contribution in [-0.2, 0) is 4.74 Å². The van der Waals surface area contributed by atoms with Gasteiger partial charge in [-0.1, -0.05) is 0 Å². The SMILES string of the molecule is COC(=O)n1cc(C=[N+](C)C)c(-c2ccc([N+](=O)[O-])o2)n1.[O-][Cl+3]([O-])([O-])[O-]. The molecule has 0 spiro atoms. The Balaban J connectivity index is 0.000000597. The molecule has 0 amide bonds. The topological polar surface area (TPSA) is 196 Å². The molecule has 0 radical (unpaired) electrons. The number of furan rings is 1. The lowest BCUT2D eigenvalue weighted by atomic mass is 10.2. The number of carbonyl (C=O) groups is 1. The maximum absolute atomic E-state index is 11.5. The first kappa shape index (κ1) is 21.2. The molecule has 2 heterocycles. The van der Waals surface area contributed by atoms with Crippen LogP contribution in [0.3, 0.4) is 0 Å². The van der Waals surface area contributed by atoms with E-state index in [0.717, 1.165) is 4.68 Å². The van der Waals surface area contributed by atoms with E-state index < -0.39 is 27.1 Å². The van der Waals surface area contributed by atoms with Gasteiger partial charge < -0.3 is 9.15 Å². The smallest absolute Gasteiger partial charge is 0.434 e. The first-order valence-corrected chi connectivity index (χ1v) is 7.71. The molecule has 2 aromatic rings. The standard InChI is InChI=1S/C12H13N4O5.ClHO4/c1-14(2)6-8-7-15(12(17)20-3)13-11(8)9-4-5-10(21-9)16(18)19;2-1(3,4)5/h4-7H,1-3H3;(H,2,3,4,5)/q+1;/p-1. The van der Waals surface area contributed by atoms with Crippen molar-refractivity contribution in [2.24, 2.45) is 0 Å². The van der Waals surface area contributed by atoms with Crippen LogP contribution in [-0.4, -0.2) is 52.8 Å². The molecule has 0 saturated carbocycles. The fourth-order valence-corrected chi connectivity index (χ4v) is 1.69. The lowest BCUT2D eigenvalue weighted by molar-refractivity contribution is -2.00. The molecule has 0 aromatic carbocycles. The van der Waals surface area contributed by atoms with Gasteiger partial charge in [0.25, 0.3) is 0 Å². The fourth-order valence-electron chi connectivity index (χ4n) is 1.69. The van der Waals surface area contributed by atoms with E-state index in [2.05, 4.69) is 9.84 Å². The summed E-state index contributed by atoms with van der Waals surface area (Å²) in [5, 5.41) is 14.7. The first-order valence-electron chi connectivity index (χ1n) is 6.48. The summed E-state index contributed by atoms with van der Waals surface area (Å²) >= 11 is 0. The molecule has 2 rings (SSSR count). The van der Waals surface area contributed by atoms with Gasteiger partial charge in [-0.3, -0.25) is 10.1 Å². The van der Waals surface area contributed by atoms with Gasteiger partial charge in [-0.15, -0.1) is 10.2 Å². The van der Waals surface area contributed by atoms with E-state index in [9.17, 15) is 14.9 Å². The van der Waals surface area contributed by atoms with Crippen LogP contribution in [0.5, 0.6) is 0 Å². The van der Waals surface area contributed by atoms with Crippen LogP contribution in [0.2, 0.25) is 0 Å². The van der Waals surface area contributed by atoms with Crippen LogP contribution in [0.25, 0.3) is 11.5 Å². The fraction of sp³-hybridized carbons (Fsp3) is 0.250. The van der Waals surface area contributed by atoms with Gasteiger partial charge in [-0.05, 0) is 6.07 Å². The van der Waals surface area contributed by atoms with Gasteiger partial charge in [0.05, 0.1) is 24.9 Å². The minimum atomic E-state index is -4.94. The Morgan fingerprint density at radius 2 is 1.88 bits per heavy atom. The van der Waals surface area contributed by atoms with E-state index >= 15 is 0 Å². The van der Waals surface area contributed by atoms with Gasteiger partial charge >= 0.3 is 12.0 Å². The number of aromatic nitrogens is 2. The molecule has 13 nitrogen and oxygen atoms in total. The highest BCUT2D eigenvalue weighted by Gasteiger charge is 2.21. The lowest BCUT2D eigenvalue weighted by Gasteiger charge is -2.17. The number of hydrogen-bond acceptors (Lipinski definition) is 10. The Morgan fingerprint density at radius 3 is 2.31 bits per heavy atom. The number of carbonyl (C=O) groups excluding carboxylic acids is 1. The van der Waals surface area contributed by atoms with Crippen LogP contribution in [0, 0.1) is 20.4 Å². The van der Waals surface area contributed by atoms with Gasteiger partial charge in [0.2, 0.25) is 0 Å². The third-order valence-corrected chi connectivity index (χ3v) is 2.51. The van der Waals surface area contributed by atoms with Gasteiger partial charge in [0.15, 0.2) is 12.0 Å². The predicted molar refractivity (Wildman–Crippen MR) is 71.7 cm³/mol. The zero-order valence-corrected chi connectivity index (χ0v) is 14.4. The summed E-state index contributed by atoms with van der Waals surface area (Å²) in [7, 11) is -0.121. The number of nitro groups is 1. The number of ether oxygens (including phenoxy) is 1. The van der Waals surface area contributed by atoms with Crippen molar-refractivity contribution in [3.63, 3.8) is 0 Å². The van der Waals surface area contributed by atoms with Crippen LogP contribution in [0.4, 0.5) is 10.7 Å². The van der Waals surface area contributed by atoms with Gasteiger partial charge in [-0.2, -0.15) is 9.78 Å². The van der Waals surface area contributed by atoms with Crippen molar-refractivity contribution in [3.05, 3.63) is 34.0 Å². The number of rotatable bonds is 3. The van der Waals surface area contributed by atoms with Gasteiger partial charge in [0.1, 0.15) is 24.7 Å². The summed E-state index contributed by atoms with van der Waals surface area (Å²) in [6.45, 7) is 0. The summed E-state index contributed by atoms with van der Waals surface area (Å²) in [5.74, 6) is -0.203. The van der Waals surface area contributed by atoms with Crippen molar-refractivity contribution < 1.29 is 52.3 Å². The lowest BCUT2D eigenvalue weighted by Crippen LogP contribution is -2.68. The molecule has 26 heavy (non-hydrogen) atoms. The third-order valence-electron chi connectivity index (χ3n) is 2.51. The van der Waals surface area contributed by atoms with E-state index in [0.29, 0.717) is 11.3 Å². The van der Waals surface area contributed by atoms with Crippen molar-refractivity contribution in [1.82, 2.24) is 9.78 Å². The molecule has 0 aliphatic rings. The van der Waals surface area contributed by atoms with Gasteiger partial charge in [0, 0.05) is 0 Å². The summed E-state index contributed by atoms with van der Waals surface area (Å²) in [6, 6.07) is 2.65. The van der Waals surface area contributed by atoms with Crippen LogP contribution in [0.15, 0.2) is 22.7 Å². The van der Waals surface area contributed by atoms with Crippen molar-refractivity contribution in [2.45, 2.75) is 0 Å². The molecule has 0 atom stereocenters. The maximum atomic E-state index is 11.5. The normalized spacial score (nSPS) is 10.6. The van der Waals surface area contributed by atoms with Crippen LogP contribution in [0.1, 0.15) is 5.56 Å². The molecule has 0 aliphatic heterocycles. The molecule has 142 valence electrons. The number of methoxy groups -OCH3 is 1. The maximum Gasteiger partial charge on any atom is 0.434 e. The highest BCUT2D eigenvalue weighted by Crippen LogP contribution is 2.26. The summed E-state index contributed by atoms with van der Waals surface area (Å²) in [4.78, 5) is 21.5. The molecule has 0 saturated heterocycles. The largest absolute Gasteiger partial charge is 0.451 e. The summed E-state index contributed by atoms with van der Waals surface area (Å²) in [5.41, 5.74) is 0.872. The van der Waals surface area contributed by atoms with Crippen molar-refractivity contribution in [1.29, 1.82) is 0 Å². The molecular formula is C12H13ClN4O9. The zero-order valence-electron chi connectivity index (χ0n) is 13.7. The Morgan fingerprint density at radius 1 is 1.31 bits per heavy atom. The van der Waals surface area contributed by atoms with Crippen molar-refractivity contribution in [2.75, 3.05) is 21.2 Å². The molecule has 0 unspecified atom stereocenters. The van der Waals surface area contributed by atoms with E-state index in [1.807, 2.05) is 0 Å². The molecule has 0 N–H and O–H groups in total. The second kappa shape index (κ2) is 8.50. The van der Waals surface area contributed by atoms with Crippen molar-refractivity contribution >= 4 is 18.2 Å². The Bertz CT molecular complexity index is 811. The molecule has 0 aliphatic carbocycles. The minimum Gasteiger partial charge on any atom is -0.451 e. The Hall–Kier alpha value is -2.84. The Labute approximate surface area is 147 Å². The predicted octanol–water partition coefficient (Wildman–Crippen LogP) is -3.40. The van der Waals surface area contributed by atoms with Crippen LogP contribution < -0.4 is 18.6 Å². The molecule has 2 aromatic heterocycles. The summed E-state index contributed by atoms with van der Waals surface area (Å²) < 4.78 is 46.4. The number of halogens is 1. The van der Waals surface area contributed by atoms with E-state index in [1.165, 1.54) is 25.4 Å². The highest BCUT2D eigenvalue weighted by atomic mass is 35.7. The molecule has 0 bridgehead atoms. The third kappa shape index (κ3) is 6.58. The minimum absolute atomic E-state index is 0.192. The molecule has 14 heteroatoms. The quantitative estimate of drug-likeness (QED) is 0.219. The average molecular weight is 393 g/mol. The monoisotopic (exact) mass is 392 g/mol. The second-order valence-corrected chi connectivity index (χ2v) is 5.47. The number of hydrogen-bond donors (Lipinski definition) is 0. The highest BCUT2D eigenvalue weighted by molar-refractivity contribution is 5.86. The van der Waals surface area contributed by atoms with E-state index in [-0.39, 0.29) is 5.76 Å². The Kier molecular flexibility index (Phi) is 6.93.